The van der Waals surface area contributed by atoms with Gasteiger partial charge in [-0.2, -0.15) is 0 Å². The van der Waals surface area contributed by atoms with Gasteiger partial charge in [-0.15, -0.1) is 0 Å². The zero-order chi connectivity index (χ0) is 19.6. The molecule has 3 heterocycles. The van der Waals surface area contributed by atoms with Gasteiger partial charge in [0.1, 0.15) is 17.2 Å². The molecule has 1 amide bonds. The fourth-order valence-corrected chi connectivity index (χ4v) is 4.80. The highest BCUT2D eigenvalue weighted by molar-refractivity contribution is 5.76. The molecule has 0 unspecified atom stereocenters. The van der Waals surface area contributed by atoms with Crippen molar-refractivity contribution < 1.29 is 19.0 Å². The highest BCUT2D eigenvalue weighted by atomic mass is 16.5. The summed E-state index contributed by atoms with van der Waals surface area (Å²) in [7, 11) is 0. The predicted octanol–water partition coefficient (Wildman–Crippen LogP) is 3.73. The van der Waals surface area contributed by atoms with E-state index in [1.807, 2.05) is 35.2 Å². The van der Waals surface area contributed by atoms with E-state index in [9.17, 15) is 4.79 Å². The highest BCUT2D eigenvalue weighted by Gasteiger charge is 2.33. The van der Waals surface area contributed by atoms with Crippen molar-refractivity contribution in [2.75, 3.05) is 32.9 Å². The average molecular weight is 393 g/mol. The van der Waals surface area contributed by atoms with Gasteiger partial charge < -0.3 is 19.1 Å². The first kappa shape index (κ1) is 18.3. The summed E-state index contributed by atoms with van der Waals surface area (Å²) in [5.74, 6) is 3.61. The van der Waals surface area contributed by atoms with Gasteiger partial charge in [0.15, 0.2) is 0 Å². The third-order valence-corrected chi connectivity index (χ3v) is 6.28. The molecule has 1 fully saturated rings. The normalized spacial score (nSPS) is 18.0. The summed E-state index contributed by atoms with van der Waals surface area (Å²) in [5, 5.41) is 0. The highest BCUT2D eigenvalue weighted by Crippen LogP contribution is 2.46. The molecule has 152 valence electrons. The van der Waals surface area contributed by atoms with Crippen LogP contribution in [-0.4, -0.2) is 43.7 Å². The third-order valence-electron chi connectivity index (χ3n) is 6.28. The Kier molecular flexibility index (Phi) is 5.04. The molecule has 0 N–H and O–H groups in total. The number of nitrogens with zero attached hydrogens (tertiary/aromatic N) is 1. The number of hydrogen-bond donors (Lipinski definition) is 0. The van der Waals surface area contributed by atoms with Crippen molar-refractivity contribution in [2.45, 2.75) is 38.0 Å². The molecular weight excluding hydrogens is 366 g/mol. The van der Waals surface area contributed by atoms with Gasteiger partial charge in [-0.1, -0.05) is 18.2 Å². The van der Waals surface area contributed by atoms with Crippen LogP contribution in [0.3, 0.4) is 0 Å². The van der Waals surface area contributed by atoms with Gasteiger partial charge in [-0.25, -0.2) is 0 Å². The van der Waals surface area contributed by atoms with Gasteiger partial charge in [-0.3, -0.25) is 4.79 Å². The Labute approximate surface area is 171 Å². The number of benzene rings is 2. The van der Waals surface area contributed by atoms with E-state index in [2.05, 4.69) is 6.07 Å². The van der Waals surface area contributed by atoms with E-state index in [0.29, 0.717) is 18.9 Å². The zero-order valence-electron chi connectivity index (χ0n) is 16.7. The Bertz CT molecular complexity index is 855. The molecule has 0 radical (unpaired) electrons. The first-order chi connectivity index (χ1) is 14.3. The number of carbonyl (C=O) groups is 1. The Hall–Kier alpha value is -2.69. The van der Waals surface area contributed by atoms with Crippen LogP contribution >= 0.6 is 0 Å². The van der Waals surface area contributed by atoms with Crippen LogP contribution in [0, 0.1) is 0 Å². The monoisotopic (exact) mass is 393 g/mol. The van der Waals surface area contributed by atoms with E-state index in [-0.39, 0.29) is 5.91 Å². The number of piperidine rings is 1. The summed E-state index contributed by atoms with van der Waals surface area (Å²) < 4.78 is 17.6. The first-order valence-electron chi connectivity index (χ1n) is 10.7. The van der Waals surface area contributed by atoms with Gasteiger partial charge in [0, 0.05) is 42.6 Å². The SMILES string of the molecule is O=C(CCOc1ccccc1)N1CCC(c2c3c(cc4c2OCC4)OCC3)CC1. The van der Waals surface area contributed by atoms with Gasteiger partial charge in [-0.05, 0) is 37.0 Å². The van der Waals surface area contributed by atoms with E-state index in [4.69, 9.17) is 14.2 Å². The Morgan fingerprint density at radius 2 is 1.86 bits per heavy atom. The molecule has 2 aromatic rings. The van der Waals surface area contributed by atoms with E-state index < -0.39 is 0 Å². The molecule has 0 spiro atoms. The van der Waals surface area contributed by atoms with Crippen LogP contribution in [0.5, 0.6) is 17.2 Å². The van der Waals surface area contributed by atoms with Gasteiger partial charge in [0.25, 0.3) is 0 Å². The summed E-state index contributed by atoms with van der Waals surface area (Å²) in [6.07, 6.45) is 4.33. The Morgan fingerprint density at radius 3 is 2.69 bits per heavy atom. The average Bonchev–Trinajstić information content (AvgIpc) is 3.42. The molecule has 29 heavy (non-hydrogen) atoms. The molecule has 0 aliphatic carbocycles. The second kappa shape index (κ2) is 7.97. The van der Waals surface area contributed by atoms with Crippen LogP contribution in [0.15, 0.2) is 36.4 Å². The number of para-hydroxylation sites is 1. The zero-order valence-corrected chi connectivity index (χ0v) is 16.7. The van der Waals surface area contributed by atoms with Crippen LogP contribution in [-0.2, 0) is 17.6 Å². The van der Waals surface area contributed by atoms with Gasteiger partial charge in [0.2, 0.25) is 5.91 Å². The minimum atomic E-state index is 0.183. The van der Waals surface area contributed by atoms with Crippen molar-refractivity contribution >= 4 is 5.91 Å². The first-order valence-corrected chi connectivity index (χ1v) is 10.7. The van der Waals surface area contributed by atoms with Crippen LogP contribution < -0.4 is 14.2 Å². The van der Waals surface area contributed by atoms with Crippen molar-refractivity contribution in [3.8, 4) is 17.2 Å². The molecule has 3 aliphatic heterocycles. The maximum absolute atomic E-state index is 12.6. The van der Waals surface area contributed by atoms with Crippen molar-refractivity contribution in [2.24, 2.45) is 0 Å². The molecular formula is C24H27NO4. The van der Waals surface area contributed by atoms with Crippen molar-refractivity contribution in [3.05, 3.63) is 53.1 Å². The van der Waals surface area contributed by atoms with Crippen molar-refractivity contribution in [3.63, 3.8) is 0 Å². The largest absolute Gasteiger partial charge is 0.493 e. The lowest BCUT2D eigenvalue weighted by Crippen LogP contribution is -2.38. The summed E-state index contributed by atoms with van der Waals surface area (Å²) in [6.45, 7) is 3.56. The van der Waals surface area contributed by atoms with E-state index in [1.165, 1.54) is 16.7 Å². The molecule has 0 atom stereocenters. The summed E-state index contributed by atoms with van der Waals surface area (Å²) in [5.41, 5.74) is 4.00. The smallest absolute Gasteiger partial charge is 0.225 e. The molecule has 5 rings (SSSR count). The molecule has 2 aromatic carbocycles. The number of carbonyl (C=O) groups excluding carboxylic acids is 1. The number of amides is 1. The number of ether oxygens (including phenoxy) is 3. The summed E-state index contributed by atoms with van der Waals surface area (Å²) in [6, 6.07) is 11.8. The number of likely N-dealkylation sites (tertiary alicyclic amines) is 1. The topological polar surface area (TPSA) is 48.0 Å². The van der Waals surface area contributed by atoms with Crippen molar-refractivity contribution in [1.29, 1.82) is 0 Å². The molecule has 0 aromatic heterocycles. The molecule has 1 saturated heterocycles. The number of fused-ring (bicyclic) bond motifs is 2. The molecule has 3 aliphatic rings. The van der Waals surface area contributed by atoms with Crippen LogP contribution in [0.1, 0.15) is 41.9 Å². The standard InChI is InChI=1S/C24H27NO4/c26-22(10-15-27-19-4-2-1-3-5-19)25-11-6-17(7-12-25)23-20-9-14-28-21(20)16-18-8-13-29-24(18)23/h1-5,16-17H,6-15H2. The summed E-state index contributed by atoms with van der Waals surface area (Å²) in [4.78, 5) is 14.6. The Balaban J connectivity index is 1.20. The second-order valence-electron chi connectivity index (χ2n) is 8.02. The lowest BCUT2D eigenvalue weighted by atomic mass is 9.83. The summed E-state index contributed by atoms with van der Waals surface area (Å²) >= 11 is 0. The van der Waals surface area contributed by atoms with E-state index in [1.54, 1.807) is 0 Å². The van der Waals surface area contributed by atoms with Crippen LogP contribution in [0.25, 0.3) is 0 Å². The maximum atomic E-state index is 12.6. The Morgan fingerprint density at radius 1 is 1.07 bits per heavy atom. The lowest BCUT2D eigenvalue weighted by molar-refractivity contribution is -0.132. The van der Waals surface area contributed by atoms with Crippen LogP contribution in [0.2, 0.25) is 0 Å². The van der Waals surface area contributed by atoms with Gasteiger partial charge in [0.05, 0.1) is 26.2 Å². The fraction of sp³-hybridized carbons (Fsp3) is 0.458. The lowest BCUT2D eigenvalue weighted by Gasteiger charge is -2.33. The molecule has 5 nitrogen and oxygen atoms in total. The van der Waals surface area contributed by atoms with Crippen LogP contribution in [0.4, 0.5) is 0 Å². The minimum Gasteiger partial charge on any atom is -0.493 e. The van der Waals surface area contributed by atoms with Crippen molar-refractivity contribution in [1.82, 2.24) is 4.90 Å². The number of rotatable bonds is 5. The van der Waals surface area contributed by atoms with E-state index in [0.717, 1.165) is 69.2 Å². The van der Waals surface area contributed by atoms with E-state index >= 15 is 0 Å². The maximum Gasteiger partial charge on any atom is 0.225 e. The molecule has 5 heteroatoms. The third kappa shape index (κ3) is 3.66. The fourth-order valence-electron chi connectivity index (χ4n) is 4.80. The number of hydrogen-bond acceptors (Lipinski definition) is 4. The predicted molar refractivity (Wildman–Crippen MR) is 110 cm³/mol. The second-order valence-corrected chi connectivity index (χ2v) is 8.02. The molecule has 0 bridgehead atoms. The minimum absolute atomic E-state index is 0.183. The van der Waals surface area contributed by atoms with Gasteiger partial charge >= 0.3 is 0 Å². The quantitative estimate of drug-likeness (QED) is 0.777. The molecule has 0 saturated carbocycles.